The van der Waals surface area contributed by atoms with Gasteiger partial charge in [0.2, 0.25) is 5.91 Å². The number of imidazole rings is 1. The van der Waals surface area contributed by atoms with E-state index >= 15 is 0 Å². The molecule has 2 aliphatic rings. The summed E-state index contributed by atoms with van der Waals surface area (Å²) >= 11 is 5.88. The van der Waals surface area contributed by atoms with Gasteiger partial charge in [-0.1, -0.05) is 17.7 Å². The zero-order valence-electron chi connectivity index (χ0n) is 16.8. The van der Waals surface area contributed by atoms with Gasteiger partial charge in [0.05, 0.1) is 24.5 Å². The van der Waals surface area contributed by atoms with E-state index in [1.165, 1.54) is 6.07 Å². The number of hydrogen-bond acceptors (Lipinski definition) is 5. The minimum Gasteiger partial charge on any atom is -0.344 e. The van der Waals surface area contributed by atoms with Crippen molar-refractivity contribution in [2.75, 3.05) is 20.1 Å². The number of hydrogen-bond donors (Lipinski definition) is 1. The topological polar surface area (TPSA) is 75.9 Å². The van der Waals surface area contributed by atoms with Gasteiger partial charge in [-0.2, -0.15) is 0 Å². The number of nitrogens with one attached hydrogen (secondary N) is 1. The van der Waals surface area contributed by atoms with Crippen LogP contribution < -0.4 is 5.32 Å². The summed E-state index contributed by atoms with van der Waals surface area (Å²) in [6.45, 7) is 3.59. The Morgan fingerprint density at radius 1 is 1.33 bits per heavy atom. The number of halogens is 2. The van der Waals surface area contributed by atoms with Crippen LogP contribution in [0.1, 0.15) is 29.4 Å². The third kappa shape index (κ3) is 3.15. The summed E-state index contributed by atoms with van der Waals surface area (Å²) in [5.41, 5.74) is 2.52. The Kier molecular flexibility index (Phi) is 4.71. The van der Waals surface area contributed by atoms with Crippen LogP contribution in [0.5, 0.6) is 0 Å². The molecule has 1 amide bonds. The predicted molar refractivity (Wildman–Crippen MR) is 111 cm³/mol. The van der Waals surface area contributed by atoms with E-state index in [4.69, 9.17) is 16.6 Å². The molecule has 2 fully saturated rings. The van der Waals surface area contributed by atoms with Crippen molar-refractivity contribution < 1.29 is 9.18 Å². The highest BCUT2D eigenvalue weighted by Gasteiger charge is 2.45. The van der Waals surface area contributed by atoms with Crippen LogP contribution in [0, 0.1) is 18.7 Å². The molecule has 3 atom stereocenters. The zero-order valence-corrected chi connectivity index (χ0v) is 17.5. The lowest BCUT2D eigenvalue weighted by molar-refractivity contribution is -0.136. The normalized spacial score (nSPS) is 23.9. The average molecular weight is 429 g/mol. The number of benzene rings is 1. The quantitative estimate of drug-likeness (QED) is 0.693. The third-order valence-corrected chi connectivity index (χ3v) is 6.53. The molecule has 2 aliphatic heterocycles. The van der Waals surface area contributed by atoms with Crippen molar-refractivity contribution in [3.05, 3.63) is 52.3 Å². The number of aryl methyl sites for hydroxylation is 1. The summed E-state index contributed by atoms with van der Waals surface area (Å²) in [4.78, 5) is 28.2. The van der Waals surface area contributed by atoms with Crippen molar-refractivity contribution in [2.45, 2.75) is 31.8 Å². The first-order valence-electron chi connectivity index (χ1n) is 10.0. The van der Waals surface area contributed by atoms with Gasteiger partial charge in [-0.15, -0.1) is 0 Å². The van der Waals surface area contributed by atoms with Gasteiger partial charge in [0, 0.05) is 30.1 Å². The summed E-state index contributed by atoms with van der Waals surface area (Å²) in [5.74, 6) is 0.794. The molecule has 1 N–H and O–H groups in total. The molecule has 0 aliphatic carbocycles. The fourth-order valence-corrected chi connectivity index (χ4v) is 4.86. The van der Waals surface area contributed by atoms with Gasteiger partial charge in [0.15, 0.2) is 11.3 Å². The number of amides is 1. The van der Waals surface area contributed by atoms with E-state index in [1.807, 2.05) is 18.5 Å². The summed E-state index contributed by atoms with van der Waals surface area (Å²) in [6.07, 6.45) is 2.70. The number of nitrogens with zero attached hydrogens (tertiary/aromatic N) is 5. The van der Waals surface area contributed by atoms with Gasteiger partial charge >= 0.3 is 0 Å². The SMILES string of the molecule is Cc1nc2ncc(C3CN(C)C(=O)C4NCCC43)nc2n1Cc1ccc(Cl)cc1F. The van der Waals surface area contributed by atoms with E-state index in [2.05, 4.69) is 15.3 Å². The molecule has 9 heteroatoms. The number of carbonyl (C=O) groups excluding carboxylic acids is 1. The van der Waals surface area contributed by atoms with Crippen molar-refractivity contribution in [2.24, 2.45) is 5.92 Å². The van der Waals surface area contributed by atoms with Crippen molar-refractivity contribution in [1.82, 2.24) is 29.7 Å². The lowest BCUT2D eigenvalue weighted by atomic mass is 9.80. The van der Waals surface area contributed by atoms with Gasteiger partial charge in [-0.3, -0.25) is 4.79 Å². The van der Waals surface area contributed by atoms with Gasteiger partial charge in [0.25, 0.3) is 0 Å². The lowest BCUT2D eigenvalue weighted by Gasteiger charge is -2.37. The fourth-order valence-electron chi connectivity index (χ4n) is 4.70. The first kappa shape index (κ1) is 19.4. The third-order valence-electron chi connectivity index (χ3n) is 6.29. The second-order valence-electron chi connectivity index (χ2n) is 8.13. The van der Waals surface area contributed by atoms with Crippen LogP contribution in [0.25, 0.3) is 11.3 Å². The molecule has 3 aromatic rings. The Morgan fingerprint density at radius 2 is 2.17 bits per heavy atom. The molecule has 5 rings (SSSR count). The maximum absolute atomic E-state index is 14.4. The molecule has 156 valence electrons. The van der Waals surface area contributed by atoms with E-state index < -0.39 is 0 Å². The zero-order chi connectivity index (χ0) is 21.0. The maximum Gasteiger partial charge on any atom is 0.239 e. The molecule has 30 heavy (non-hydrogen) atoms. The molecule has 0 bridgehead atoms. The highest BCUT2D eigenvalue weighted by Crippen LogP contribution is 2.37. The minimum atomic E-state index is -0.361. The van der Waals surface area contributed by atoms with Gasteiger partial charge in [-0.25, -0.2) is 19.3 Å². The van der Waals surface area contributed by atoms with Crippen LogP contribution in [-0.4, -0.2) is 56.5 Å². The largest absolute Gasteiger partial charge is 0.344 e. The Balaban J connectivity index is 1.54. The summed E-state index contributed by atoms with van der Waals surface area (Å²) in [6, 6.07) is 4.50. The van der Waals surface area contributed by atoms with E-state index in [1.54, 1.807) is 23.2 Å². The maximum atomic E-state index is 14.4. The molecule has 4 heterocycles. The Labute approximate surface area is 178 Å². The van der Waals surface area contributed by atoms with Crippen molar-refractivity contribution in [1.29, 1.82) is 0 Å². The van der Waals surface area contributed by atoms with Crippen molar-refractivity contribution >= 4 is 28.8 Å². The molecule has 0 radical (unpaired) electrons. The second-order valence-corrected chi connectivity index (χ2v) is 8.57. The van der Waals surface area contributed by atoms with Crippen LogP contribution in [-0.2, 0) is 11.3 Å². The highest BCUT2D eigenvalue weighted by molar-refractivity contribution is 6.30. The predicted octanol–water partition coefficient (Wildman–Crippen LogP) is 2.51. The van der Waals surface area contributed by atoms with Crippen molar-refractivity contribution in [3.8, 4) is 0 Å². The number of likely N-dealkylation sites (tertiary alicyclic amines) is 1. The Hall–Kier alpha value is -2.58. The van der Waals surface area contributed by atoms with E-state index in [9.17, 15) is 9.18 Å². The molecular formula is C21H22ClFN6O. The van der Waals surface area contributed by atoms with Crippen LogP contribution >= 0.6 is 11.6 Å². The number of piperidine rings is 1. The molecule has 3 unspecified atom stereocenters. The van der Waals surface area contributed by atoms with Gasteiger partial charge in [-0.05, 0) is 37.9 Å². The molecule has 1 aromatic carbocycles. The van der Waals surface area contributed by atoms with Crippen LogP contribution in [0.15, 0.2) is 24.4 Å². The van der Waals surface area contributed by atoms with Crippen molar-refractivity contribution in [3.63, 3.8) is 0 Å². The highest BCUT2D eigenvalue weighted by atomic mass is 35.5. The standard InChI is InChI=1S/C21H22ClFN6O/c1-11-26-19-20(29(11)9-12-3-4-13(22)7-16(12)23)27-17(8-25-19)15-10-28(2)21(30)18-14(15)5-6-24-18/h3-4,7-8,14-15,18,24H,5-6,9-10H2,1-2H3. The number of aromatic nitrogens is 4. The number of fused-ring (bicyclic) bond motifs is 2. The molecule has 2 aromatic heterocycles. The number of rotatable bonds is 3. The number of likely N-dealkylation sites (N-methyl/N-ethyl adjacent to an activating group) is 1. The fraction of sp³-hybridized carbons (Fsp3) is 0.429. The molecule has 0 saturated carbocycles. The van der Waals surface area contributed by atoms with Crippen LogP contribution in [0.2, 0.25) is 5.02 Å². The Bertz CT molecular complexity index is 1150. The summed E-state index contributed by atoms with van der Waals surface area (Å²) in [5, 5.41) is 3.69. The first-order valence-corrected chi connectivity index (χ1v) is 10.4. The Morgan fingerprint density at radius 3 is 2.97 bits per heavy atom. The van der Waals surface area contributed by atoms with E-state index in [0.717, 1.165) is 18.7 Å². The van der Waals surface area contributed by atoms with Crippen LogP contribution in [0.4, 0.5) is 4.39 Å². The summed E-state index contributed by atoms with van der Waals surface area (Å²) < 4.78 is 16.2. The molecule has 0 spiro atoms. The van der Waals surface area contributed by atoms with E-state index in [0.29, 0.717) is 40.8 Å². The second kappa shape index (κ2) is 7.28. The van der Waals surface area contributed by atoms with Gasteiger partial charge in [0.1, 0.15) is 11.6 Å². The smallest absolute Gasteiger partial charge is 0.239 e. The van der Waals surface area contributed by atoms with Gasteiger partial charge < -0.3 is 14.8 Å². The lowest BCUT2D eigenvalue weighted by Crippen LogP contribution is -2.53. The average Bonchev–Trinajstić information content (AvgIpc) is 3.32. The molecular weight excluding hydrogens is 407 g/mol. The number of carbonyl (C=O) groups is 1. The molecule has 2 saturated heterocycles. The van der Waals surface area contributed by atoms with E-state index in [-0.39, 0.29) is 29.6 Å². The first-order chi connectivity index (χ1) is 14.4. The molecule has 7 nitrogen and oxygen atoms in total. The van der Waals surface area contributed by atoms with Crippen LogP contribution in [0.3, 0.4) is 0 Å². The summed E-state index contributed by atoms with van der Waals surface area (Å²) in [7, 11) is 1.83. The monoisotopic (exact) mass is 428 g/mol. The minimum absolute atomic E-state index is 0.0977.